The third-order valence-electron chi connectivity index (χ3n) is 5.00. The van der Waals surface area contributed by atoms with Crippen LogP contribution in [0.15, 0.2) is 18.3 Å². The van der Waals surface area contributed by atoms with Crippen LogP contribution in [0.5, 0.6) is 0 Å². The van der Waals surface area contributed by atoms with Gasteiger partial charge < -0.3 is 14.0 Å². The number of rotatable bonds is 2. The summed E-state index contributed by atoms with van der Waals surface area (Å²) in [4.78, 5) is 4.58. The van der Waals surface area contributed by atoms with Crippen LogP contribution in [0.1, 0.15) is 52.0 Å². The predicted molar refractivity (Wildman–Crippen MR) is 82.7 cm³/mol. The van der Waals surface area contributed by atoms with E-state index in [1.54, 1.807) is 0 Å². The molecule has 0 unspecified atom stereocenters. The van der Waals surface area contributed by atoms with E-state index in [1.807, 2.05) is 12.3 Å². The van der Waals surface area contributed by atoms with E-state index in [0.717, 1.165) is 31.6 Å². The largest absolute Gasteiger partial charge is 0.514 e. The maximum atomic E-state index is 6.03. The molecule has 3 rings (SSSR count). The minimum absolute atomic E-state index is 0.321. The lowest BCUT2D eigenvalue weighted by Crippen LogP contribution is -2.41. The topological polar surface area (TPSA) is 40.6 Å². The van der Waals surface area contributed by atoms with Crippen molar-refractivity contribution in [3.8, 4) is 0 Å². The first-order valence-corrected chi connectivity index (χ1v) is 7.78. The van der Waals surface area contributed by atoms with E-state index in [-0.39, 0.29) is 18.3 Å². The number of ether oxygens (including phenoxy) is 1. The highest BCUT2D eigenvalue weighted by Gasteiger charge is 2.52. The molecular weight excluding hydrogens is 265 g/mol. The number of hydrogen-bond donors (Lipinski definition) is 0. The Morgan fingerprint density at radius 1 is 1.05 bits per heavy atom. The summed E-state index contributed by atoms with van der Waals surface area (Å²) in [6, 6.07) is 4.19. The van der Waals surface area contributed by atoms with E-state index >= 15 is 0 Å². The zero-order valence-corrected chi connectivity index (χ0v) is 13.4. The average Bonchev–Trinajstić information content (AvgIpc) is 2.69. The molecule has 114 valence electrons. The Morgan fingerprint density at radius 2 is 1.67 bits per heavy atom. The molecule has 2 fully saturated rings. The van der Waals surface area contributed by atoms with Gasteiger partial charge in [0.15, 0.2) is 0 Å². The SMILES string of the molecule is CC1(C)OB(c2ccc(C3CCOCC3)cn2)OC1(C)C. The lowest BCUT2D eigenvalue weighted by atomic mass is 9.83. The van der Waals surface area contributed by atoms with Crippen molar-refractivity contribution in [3.63, 3.8) is 0 Å². The summed E-state index contributed by atoms with van der Waals surface area (Å²) in [6.07, 6.45) is 4.13. The monoisotopic (exact) mass is 289 g/mol. The Labute approximate surface area is 127 Å². The van der Waals surface area contributed by atoms with Crippen molar-refractivity contribution in [1.82, 2.24) is 4.98 Å². The van der Waals surface area contributed by atoms with Gasteiger partial charge >= 0.3 is 7.12 Å². The van der Waals surface area contributed by atoms with E-state index < -0.39 is 0 Å². The third-order valence-corrected chi connectivity index (χ3v) is 5.00. The summed E-state index contributed by atoms with van der Waals surface area (Å²) < 4.78 is 17.5. The van der Waals surface area contributed by atoms with Crippen LogP contribution in [-0.2, 0) is 14.0 Å². The summed E-state index contributed by atoms with van der Waals surface area (Å²) in [7, 11) is -0.376. The van der Waals surface area contributed by atoms with Gasteiger partial charge in [-0.05, 0) is 58.1 Å². The Morgan fingerprint density at radius 3 is 2.19 bits per heavy atom. The average molecular weight is 289 g/mol. The summed E-state index contributed by atoms with van der Waals surface area (Å²) in [5.41, 5.74) is 1.50. The fourth-order valence-electron chi connectivity index (χ4n) is 2.79. The van der Waals surface area contributed by atoms with Crippen molar-refractivity contribution in [2.24, 2.45) is 0 Å². The Bertz CT molecular complexity index is 479. The minimum Gasteiger partial charge on any atom is -0.398 e. The van der Waals surface area contributed by atoms with Gasteiger partial charge in [0.1, 0.15) is 0 Å². The van der Waals surface area contributed by atoms with E-state index in [9.17, 15) is 0 Å². The van der Waals surface area contributed by atoms with E-state index in [1.165, 1.54) is 5.56 Å². The van der Waals surface area contributed by atoms with Gasteiger partial charge in [-0.25, -0.2) is 0 Å². The zero-order chi connectivity index (χ0) is 15.1. The normalized spacial score (nSPS) is 25.2. The Balaban J connectivity index is 1.73. The highest BCUT2D eigenvalue weighted by molar-refractivity contribution is 6.61. The van der Waals surface area contributed by atoms with Gasteiger partial charge in [0.25, 0.3) is 0 Å². The predicted octanol–water partition coefficient (Wildman–Crippen LogP) is 2.27. The van der Waals surface area contributed by atoms with Crippen LogP contribution in [0.25, 0.3) is 0 Å². The van der Waals surface area contributed by atoms with Gasteiger partial charge in [-0.3, -0.25) is 4.98 Å². The van der Waals surface area contributed by atoms with Crippen molar-refractivity contribution in [1.29, 1.82) is 0 Å². The van der Waals surface area contributed by atoms with Gasteiger partial charge in [-0.2, -0.15) is 0 Å². The van der Waals surface area contributed by atoms with E-state index in [2.05, 4.69) is 38.7 Å². The van der Waals surface area contributed by atoms with Gasteiger partial charge in [-0.1, -0.05) is 6.07 Å². The fourth-order valence-corrected chi connectivity index (χ4v) is 2.79. The molecule has 0 aromatic carbocycles. The third kappa shape index (κ3) is 2.87. The number of nitrogens with zero attached hydrogens (tertiary/aromatic N) is 1. The van der Waals surface area contributed by atoms with Gasteiger partial charge in [0.2, 0.25) is 0 Å². The smallest absolute Gasteiger partial charge is 0.398 e. The first kappa shape index (κ1) is 15.0. The van der Waals surface area contributed by atoms with Gasteiger partial charge in [0, 0.05) is 19.4 Å². The van der Waals surface area contributed by atoms with E-state index in [0.29, 0.717) is 5.92 Å². The van der Waals surface area contributed by atoms with Crippen molar-refractivity contribution in [2.45, 2.75) is 57.7 Å². The van der Waals surface area contributed by atoms with Crippen LogP contribution in [0.3, 0.4) is 0 Å². The van der Waals surface area contributed by atoms with Crippen LogP contribution in [0, 0.1) is 0 Å². The van der Waals surface area contributed by atoms with Crippen LogP contribution in [0.4, 0.5) is 0 Å². The van der Waals surface area contributed by atoms with Crippen LogP contribution in [-0.4, -0.2) is 36.5 Å². The number of hydrogen-bond acceptors (Lipinski definition) is 4. The highest BCUT2D eigenvalue weighted by Crippen LogP contribution is 2.36. The summed E-state index contributed by atoms with van der Waals surface area (Å²) >= 11 is 0. The lowest BCUT2D eigenvalue weighted by molar-refractivity contribution is 0.00578. The molecule has 0 N–H and O–H groups in total. The molecule has 2 aliphatic rings. The van der Waals surface area contributed by atoms with Gasteiger partial charge in [0.05, 0.1) is 16.8 Å². The summed E-state index contributed by atoms with van der Waals surface area (Å²) in [5.74, 6) is 0.568. The number of pyridine rings is 1. The zero-order valence-electron chi connectivity index (χ0n) is 13.4. The summed E-state index contributed by atoms with van der Waals surface area (Å²) in [6.45, 7) is 9.94. The van der Waals surface area contributed by atoms with Crippen molar-refractivity contribution < 1.29 is 14.0 Å². The maximum Gasteiger partial charge on any atom is 0.514 e. The molecule has 0 spiro atoms. The van der Waals surface area contributed by atoms with Gasteiger partial charge in [-0.15, -0.1) is 0 Å². The fraction of sp³-hybridized carbons (Fsp3) is 0.688. The second-order valence-corrected chi connectivity index (χ2v) is 6.99. The lowest BCUT2D eigenvalue weighted by Gasteiger charge is -2.32. The van der Waals surface area contributed by atoms with Crippen LogP contribution >= 0.6 is 0 Å². The van der Waals surface area contributed by atoms with Crippen LogP contribution in [0.2, 0.25) is 0 Å². The molecule has 21 heavy (non-hydrogen) atoms. The standard InChI is InChI=1S/C16H24BNO3/c1-15(2)16(3,4)21-17(20-15)14-6-5-13(11-18-14)12-7-9-19-10-8-12/h5-6,11-12H,7-10H2,1-4H3. The van der Waals surface area contributed by atoms with Crippen LogP contribution < -0.4 is 5.59 Å². The second-order valence-electron chi connectivity index (χ2n) is 6.99. The first-order chi connectivity index (χ1) is 9.89. The molecule has 0 aliphatic carbocycles. The first-order valence-electron chi connectivity index (χ1n) is 7.78. The molecule has 0 radical (unpaired) electrons. The molecule has 3 heterocycles. The molecule has 1 aromatic rings. The molecule has 1 aromatic heterocycles. The molecular formula is C16H24BNO3. The molecule has 4 nitrogen and oxygen atoms in total. The van der Waals surface area contributed by atoms with Crippen molar-refractivity contribution in [2.75, 3.05) is 13.2 Å². The Hall–Kier alpha value is -0.905. The molecule has 0 atom stereocenters. The maximum absolute atomic E-state index is 6.03. The molecule has 0 amide bonds. The van der Waals surface area contributed by atoms with Crippen molar-refractivity contribution >= 4 is 12.7 Å². The van der Waals surface area contributed by atoms with Crippen molar-refractivity contribution in [3.05, 3.63) is 23.9 Å². The summed E-state index contributed by atoms with van der Waals surface area (Å²) in [5, 5.41) is 0. The molecule has 2 saturated heterocycles. The second kappa shape index (κ2) is 5.38. The highest BCUT2D eigenvalue weighted by atomic mass is 16.7. The van der Waals surface area contributed by atoms with E-state index in [4.69, 9.17) is 14.0 Å². The Kier molecular flexibility index (Phi) is 3.84. The minimum atomic E-state index is -0.376. The molecule has 0 bridgehead atoms. The molecule has 5 heteroatoms. The molecule has 2 aliphatic heterocycles. The molecule has 0 saturated carbocycles. The number of aromatic nitrogens is 1. The quantitative estimate of drug-likeness (QED) is 0.783.